The smallest absolute Gasteiger partial charge is 0.407 e. The number of hydrogen-bond acceptors (Lipinski definition) is 8. The van der Waals surface area contributed by atoms with Gasteiger partial charge in [0.15, 0.2) is 9.84 Å². The maximum atomic E-state index is 15.6. The zero-order valence-corrected chi connectivity index (χ0v) is 26.2. The van der Waals surface area contributed by atoms with E-state index < -0.39 is 33.1 Å². The summed E-state index contributed by atoms with van der Waals surface area (Å²) in [6, 6.07) is 2.81. The van der Waals surface area contributed by atoms with Gasteiger partial charge in [0.1, 0.15) is 11.9 Å². The Morgan fingerprint density at radius 1 is 1.11 bits per heavy atom. The van der Waals surface area contributed by atoms with Crippen LogP contribution >= 0.6 is 0 Å². The normalized spacial score (nSPS) is 24.0. The number of sulfone groups is 1. The van der Waals surface area contributed by atoms with Gasteiger partial charge in [-0.25, -0.2) is 17.6 Å². The number of rotatable bonds is 8. The van der Waals surface area contributed by atoms with Crippen molar-refractivity contribution in [2.75, 3.05) is 37.2 Å². The minimum Gasteiger partial charge on any atom is -0.446 e. The van der Waals surface area contributed by atoms with Crippen molar-refractivity contribution in [1.29, 1.82) is 0 Å². The number of hydrogen-bond donors (Lipinski definition) is 3. The third-order valence-electron chi connectivity index (χ3n) is 9.23. The van der Waals surface area contributed by atoms with Gasteiger partial charge in [0.25, 0.3) is 5.91 Å². The quantitative estimate of drug-likeness (QED) is 0.401. The van der Waals surface area contributed by atoms with Gasteiger partial charge in [-0.3, -0.25) is 4.79 Å². The van der Waals surface area contributed by atoms with E-state index in [4.69, 9.17) is 15.2 Å². The molecule has 1 aromatic carbocycles. The lowest BCUT2D eigenvalue weighted by molar-refractivity contribution is 0.0727. The van der Waals surface area contributed by atoms with E-state index in [2.05, 4.69) is 15.5 Å². The number of nitrogens with one attached hydrogen (secondary N) is 2. The summed E-state index contributed by atoms with van der Waals surface area (Å²) < 4.78 is 55.5. The maximum absolute atomic E-state index is 15.6. The number of benzene rings is 1. The Morgan fingerprint density at radius 2 is 1.84 bits per heavy atom. The first-order chi connectivity index (χ1) is 20.9. The number of ether oxygens (including phenoxy) is 2. The Kier molecular flexibility index (Phi) is 8.40. The van der Waals surface area contributed by atoms with Gasteiger partial charge in [0.2, 0.25) is 0 Å². The first kappa shape index (κ1) is 30.8. The molecule has 0 radical (unpaired) electrons. The number of amides is 2. The lowest BCUT2D eigenvalue weighted by Crippen LogP contribution is -2.37. The van der Waals surface area contributed by atoms with E-state index in [0.717, 1.165) is 19.6 Å². The third-order valence-corrected chi connectivity index (χ3v) is 11.5. The van der Waals surface area contributed by atoms with Crippen LogP contribution in [0.2, 0.25) is 0 Å². The molecule has 44 heavy (non-hydrogen) atoms. The topological polar surface area (TPSA) is 145 Å². The number of halogens is 1. The molecule has 3 aliphatic heterocycles. The number of carbonyl (C=O) groups is 2. The Balaban J connectivity index is 1.19. The van der Waals surface area contributed by atoms with Gasteiger partial charge in [-0.05, 0) is 75.6 Å². The summed E-state index contributed by atoms with van der Waals surface area (Å²) in [7, 11) is -3.58. The summed E-state index contributed by atoms with van der Waals surface area (Å²) >= 11 is 0. The molecule has 4 heterocycles. The molecule has 0 atom stereocenters. The summed E-state index contributed by atoms with van der Waals surface area (Å²) in [6.45, 7) is 7.72. The molecular formula is C31H42FN5O6S. The first-order valence-corrected chi connectivity index (χ1v) is 17.2. The van der Waals surface area contributed by atoms with Gasteiger partial charge in [-0.2, -0.15) is 0 Å². The molecule has 6 rings (SSSR count). The fourth-order valence-electron chi connectivity index (χ4n) is 7.33. The van der Waals surface area contributed by atoms with Crippen molar-refractivity contribution in [3.63, 3.8) is 0 Å². The number of carbonyl (C=O) groups excluding carboxylic acids is 2. The molecule has 240 valence electrons. The Bertz CT molecular complexity index is 1560. The van der Waals surface area contributed by atoms with Crippen LogP contribution in [0, 0.1) is 11.2 Å². The molecule has 4 N–H and O–H groups in total. The molecule has 11 nitrogen and oxygen atoms in total. The minimum absolute atomic E-state index is 0.0257. The lowest BCUT2D eigenvalue weighted by atomic mass is 9.89. The number of likely N-dealkylation sites (tertiary alicyclic amines) is 1. The highest BCUT2D eigenvalue weighted by Gasteiger charge is 2.43. The van der Waals surface area contributed by atoms with E-state index >= 15 is 4.39 Å². The van der Waals surface area contributed by atoms with E-state index in [1.807, 2.05) is 13.8 Å². The van der Waals surface area contributed by atoms with Gasteiger partial charge >= 0.3 is 6.09 Å². The van der Waals surface area contributed by atoms with Gasteiger partial charge in [-0.15, -0.1) is 0 Å². The van der Waals surface area contributed by atoms with Gasteiger partial charge in [-0.1, -0.05) is 13.8 Å². The lowest BCUT2D eigenvalue weighted by Gasteiger charge is -2.31. The van der Waals surface area contributed by atoms with Crippen molar-refractivity contribution in [1.82, 2.24) is 14.8 Å². The Morgan fingerprint density at radius 3 is 2.55 bits per heavy atom. The molecule has 13 heteroatoms. The predicted molar refractivity (Wildman–Crippen MR) is 162 cm³/mol. The molecule has 0 unspecified atom stereocenters. The molecule has 2 fully saturated rings. The number of alkyl carbamates (subject to hydrolysis) is 1. The third kappa shape index (κ3) is 6.18. The van der Waals surface area contributed by atoms with Crippen molar-refractivity contribution < 1.29 is 31.9 Å². The first-order valence-electron chi connectivity index (χ1n) is 15.5. The van der Waals surface area contributed by atoms with Crippen LogP contribution in [-0.2, 0) is 38.9 Å². The van der Waals surface area contributed by atoms with Gasteiger partial charge < -0.3 is 35.3 Å². The van der Waals surface area contributed by atoms with Gasteiger partial charge in [0.05, 0.1) is 46.5 Å². The van der Waals surface area contributed by atoms with Crippen LogP contribution in [-0.4, -0.2) is 74.0 Å². The molecule has 2 aromatic rings. The fourth-order valence-corrected chi connectivity index (χ4v) is 9.68. The van der Waals surface area contributed by atoms with E-state index in [0.29, 0.717) is 61.3 Å². The van der Waals surface area contributed by atoms with Crippen molar-refractivity contribution >= 4 is 27.5 Å². The molecule has 1 saturated heterocycles. The maximum Gasteiger partial charge on any atom is 0.407 e. The molecule has 0 bridgehead atoms. The van der Waals surface area contributed by atoms with Crippen LogP contribution in [0.25, 0.3) is 5.69 Å². The number of aromatic nitrogens is 1. The number of primary amides is 1. The van der Waals surface area contributed by atoms with Crippen LogP contribution in [0.5, 0.6) is 0 Å². The average Bonchev–Trinajstić information content (AvgIpc) is 3.66. The van der Waals surface area contributed by atoms with Crippen molar-refractivity contribution in [2.45, 2.75) is 89.0 Å². The van der Waals surface area contributed by atoms with Crippen LogP contribution in [0.15, 0.2) is 17.0 Å². The van der Waals surface area contributed by atoms with Crippen molar-refractivity contribution in [3.8, 4) is 5.69 Å². The number of nitrogens with two attached hydrogens (primary N) is 1. The second kappa shape index (κ2) is 12.0. The minimum atomic E-state index is -3.58. The van der Waals surface area contributed by atoms with Crippen LogP contribution < -0.4 is 16.4 Å². The van der Waals surface area contributed by atoms with Crippen molar-refractivity contribution in [3.05, 3.63) is 40.5 Å². The number of fused-ring (bicyclic) bond motifs is 3. The molecule has 0 spiro atoms. The second-order valence-electron chi connectivity index (χ2n) is 13.3. The zero-order chi connectivity index (χ0) is 31.2. The Labute approximate surface area is 257 Å². The standard InChI is InChI=1S/C31H42FN5O6S/c1-31(2)15-25-28(44(40,41)18-31)22-16-42-17-26(22)37(25)20-13-23(32)27(29(33)38)24(14-20)35-19-5-7-21(8-6-19)43-30(39)34-9-12-36-10-3-4-11-36/h13-14,19,21,35H,3-12,15-18H2,1-2H3,(H2,33,38)(H,34,39)/t19-,21-. The summed E-state index contributed by atoms with van der Waals surface area (Å²) in [5, 5.41) is 6.17. The number of nitrogens with zero attached hydrogens (tertiary/aromatic N) is 2. The van der Waals surface area contributed by atoms with E-state index in [9.17, 15) is 18.0 Å². The molecule has 1 saturated carbocycles. The molecule has 1 aliphatic carbocycles. The second-order valence-corrected chi connectivity index (χ2v) is 15.3. The zero-order valence-electron chi connectivity index (χ0n) is 25.4. The highest BCUT2D eigenvalue weighted by molar-refractivity contribution is 7.91. The number of anilines is 1. The molecule has 4 aliphatic rings. The average molecular weight is 632 g/mol. The summed E-state index contributed by atoms with van der Waals surface area (Å²) in [5.41, 5.74) is 7.47. The predicted octanol–water partition coefficient (Wildman–Crippen LogP) is 3.65. The SMILES string of the molecule is CC1(C)Cc2c(c3c(n2-c2cc(F)c(C(N)=O)c(N[C@H]4CC[C@H](OC(=O)NCCN5CCCC5)CC4)c2)COC3)S(=O)(=O)C1. The summed E-state index contributed by atoms with van der Waals surface area (Å²) in [5.74, 6) is -1.66. The monoisotopic (exact) mass is 631 g/mol. The molecular weight excluding hydrogens is 589 g/mol. The van der Waals surface area contributed by atoms with Crippen LogP contribution in [0.1, 0.15) is 79.7 Å². The van der Waals surface area contributed by atoms with Gasteiger partial charge in [0, 0.05) is 30.4 Å². The Hall–Kier alpha value is -3.16. The highest BCUT2D eigenvalue weighted by atomic mass is 32.2. The van der Waals surface area contributed by atoms with E-state index in [-0.39, 0.29) is 47.3 Å². The molecule has 2 amide bonds. The summed E-state index contributed by atoms with van der Waals surface area (Å²) in [6.07, 6.45) is 4.78. The van der Waals surface area contributed by atoms with Crippen LogP contribution in [0.4, 0.5) is 14.9 Å². The van der Waals surface area contributed by atoms with Crippen molar-refractivity contribution in [2.24, 2.45) is 11.1 Å². The molecule has 1 aromatic heterocycles. The fraction of sp³-hybridized carbons (Fsp3) is 0.613. The van der Waals surface area contributed by atoms with Crippen LogP contribution in [0.3, 0.4) is 0 Å². The highest BCUT2D eigenvalue weighted by Crippen LogP contribution is 2.44. The largest absolute Gasteiger partial charge is 0.446 e. The van der Waals surface area contributed by atoms with E-state index in [1.54, 1.807) is 10.6 Å². The summed E-state index contributed by atoms with van der Waals surface area (Å²) in [4.78, 5) is 27.3. The van der Waals surface area contributed by atoms with E-state index in [1.165, 1.54) is 18.9 Å².